The number of rotatable bonds is 55. The number of carboxylic acid groups (broad SMARTS) is 1. The van der Waals surface area contributed by atoms with E-state index in [4.69, 9.17) is 37.9 Å². The van der Waals surface area contributed by atoms with Crippen molar-refractivity contribution in [1.29, 1.82) is 0 Å². The molecule has 0 spiro atoms. The van der Waals surface area contributed by atoms with Crippen molar-refractivity contribution in [3.63, 3.8) is 0 Å². The third-order valence-corrected chi connectivity index (χ3v) is 14.5. The number of hydrogen-bond donors (Lipinski definition) is 9. The summed E-state index contributed by atoms with van der Waals surface area (Å²) >= 11 is 0. The van der Waals surface area contributed by atoms with Gasteiger partial charge in [0.15, 0.2) is 23.1 Å². The smallest absolute Gasteiger partial charge is 0.407 e. The molecule has 5 atom stereocenters. The van der Waals surface area contributed by atoms with Crippen LogP contribution in [0.3, 0.4) is 0 Å². The molecule has 2 aromatic rings. The molecule has 5 unspecified atom stereocenters. The maximum absolute atomic E-state index is 13.8. The van der Waals surface area contributed by atoms with Crippen LogP contribution in [0.2, 0.25) is 0 Å². The fraction of sp³-hybridized carbons (Fsp3) is 0.671. The molecule has 9 N–H and O–H groups in total. The summed E-state index contributed by atoms with van der Waals surface area (Å²) in [6, 6.07) is 14.7. The Morgan fingerprint density at radius 2 is 0.745 bits per heavy atom. The Labute approximate surface area is 632 Å². The second-order valence-electron chi connectivity index (χ2n) is 23.9. The number of nitrogens with one attached hydrogen (secondary N) is 8. The molecule has 0 aromatic heterocycles. The van der Waals surface area contributed by atoms with Crippen LogP contribution in [0.25, 0.3) is 0 Å². The van der Waals surface area contributed by atoms with Crippen LogP contribution in [-0.2, 0) is 93.9 Å². The number of unbranched alkanes of at least 4 members (excludes halogenated alkanes) is 1. The number of amides is 8. The number of carboxylic acids is 1. The first-order valence-corrected chi connectivity index (χ1v) is 33.3. The molecule has 30 nitrogen and oxygen atoms in total. The zero-order valence-electron chi connectivity index (χ0n) is 57.5. The maximum Gasteiger partial charge on any atom is 0.407 e. The average molecular weight is 1510 g/mol. The van der Waals surface area contributed by atoms with E-state index >= 15 is 0 Å². The Kier molecular flexibility index (Phi) is 71.3. The lowest BCUT2D eigenvalue weighted by Crippen LogP contribution is -2.46. The van der Waals surface area contributed by atoms with Crippen LogP contribution < -0.4 is 42.5 Å². The van der Waals surface area contributed by atoms with Gasteiger partial charge >= 0.3 is 30.3 Å². The molecule has 8 amide bonds. The van der Waals surface area contributed by atoms with Crippen molar-refractivity contribution < 1.29 is 105 Å². The Morgan fingerprint density at radius 3 is 1.10 bits per heavy atom. The number of methoxy groups -OCH3 is 2. The number of hydrogen-bond acceptors (Lipinski definition) is 21. The first kappa shape index (κ1) is 111. The fourth-order valence-electron chi connectivity index (χ4n) is 9.50. The van der Waals surface area contributed by atoms with Crippen LogP contribution in [0.5, 0.6) is 0 Å². The molecule has 0 aliphatic heterocycles. The number of benzene rings is 2. The lowest BCUT2D eigenvalue weighted by molar-refractivity contribution is -0.139. The van der Waals surface area contributed by atoms with Gasteiger partial charge in [0.05, 0.1) is 51.6 Å². The molecule has 2 rings (SSSR count). The third-order valence-electron chi connectivity index (χ3n) is 14.5. The predicted molar refractivity (Wildman–Crippen MR) is 410 cm³/mol. The van der Waals surface area contributed by atoms with E-state index in [2.05, 4.69) is 42.5 Å². The number of ketones is 4. The summed E-state index contributed by atoms with van der Waals surface area (Å²) in [4.78, 5) is 167. The SMILES string of the molecule is C.C.C.C.C.C.C.C.COCCOCCCNC(=O)CCC(=O)C(CC(C)C)NC(=O)C(CC(=O)CNC(=O)OCCOC(=O)NCCCCC(NC(=O)OCCOC(=O)NCC(=O)CC(Cc1ccccc1)C(=O)NC(CC(C)C)C(=O)CCC(=O)NCCCOCCOC)C(=O)O)Cc1ccccc1. The van der Waals surface area contributed by atoms with Crippen LogP contribution in [0, 0.1) is 23.7 Å². The van der Waals surface area contributed by atoms with E-state index in [0.29, 0.717) is 78.4 Å². The molecular formula is C76H136N8O22. The molecule has 106 heavy (non-hydrogen) atoms. The Hall–Kier alpha value is -8.61. The highest BCUT2D eigenvalue weighted by molar-refractivity contribution is 5.95. The second-order valence-corrected chi connectivity index (χ2v) is 23.9. The molecule has 0 saturated heterocycles. The van der Waals surface area contributed by atoms with E-state index in [9.17, 15) is 67.4 Å². The van der Waals surface area contributed by atoms with E-state index in [0.717, 1.165) is 11.1 Å². The number of Topliss-reactive ketones (excluding diaryl/α,β-unsaturated/α-hetero) is 4. The highest BCUT2D eigenvalue weighted by atomic mass is 16.6. The van der Waals surface area contributed by atoms with E-state index < -0.39 is 110 Å². The zero-order valence-corrected chi connectivity index (χ0v) is 57.5. The summed E-state index contributed by atoms with van der Waals surface area (Å²) in [6.07, 6.45) is -2.59. The first-order valence-electron chi connectivity index (χ1n) is 33.3. The number of alkyl carbamates (subject to hydrolysis) is 4. The molecule has 0 aliphatic carbocycles. The van der Waals surface area contributed by atoms with Gasteiger partial charge in [0, 0.05) is 97.4 Å². The van der Waals surface area contributed by atoms with Gasteiger partial charge in [-0.25, -0.2) is 24.0 Å². The van der Waals surface area contributed by atoms with E-state index in [1.807, 2.05) is 27.7 Å². The van der Waals surface area contributed by atoms with Gasteiger partial charge < -0.3 is 85.5 Å². The van der Waals surface area contributed by atoms with Crippen LogP contribution in [0.1, 0.15) is 182 Å². The van der Waals surface area contributed by atoms with E-state index in [-0.39, 0.29) is 185 Å². The molecule has 0 radical (unpaired) electrons. The van der Waals surface area contributed by atoms with Gasteiger partial charge in [-0.15, -0.1) is 0 Å². The van der Waals surface area contributed by atoms with Gasteiger partial charge in [-0.3, -0.25) is 38.4 Å². The normalized spacial score (nSPS) is 11.5. The monoisotopic (exact) mass is 1510 g/mol. The molecule has 0 aliphatic rings. The minimum absolute atomic E-state index is 0. The van der Waals surface area contributed by atoms with Gasteiger partial charge in [0.1, 0.15) is 32.5 Å². The summed E-state index contributed by atoms with van der Waals surface area (Å²) in [6.45, 7) is 8.25. The largest absolute Gasteiger partial charge is 0.480 e. The van der Waals surface area contributed by atoms with E-state index in [1.165, 1.54) is 0 Å². The Bertz CT molecular complexity index is 2740. The zero-order chi connectivity index (χ0) is 72.3. The second kappa shape index (κ2) is 68.2. The van der Waals surface area contributed by atoms with Crippen molar-refractivity contribution in [2.24, 2.45) is 23.7 Å². The molecule has 0 fully saturated rings. The Morgan fingerprint density at radius 1 is 0.387 bits per heavy atom. The first-order chi connectivity index (χ1) is 47.0. The standard InChI is InChI=1S/C68H104N8O22.8CH4/c1-47(2)39-56(58(79)22-24-60(81)69-27-15-29-93-33-31-91-5)74-62(83)51(41-49-17-9-7-10-18-49)43-53(77)45-72-66(88)96-36-35-95-65(87)71-26-14-13-21-55(64(85)86)76-68(90)98-38-37-97-67(89)73-46-54(78)44-52(42-50-19-11-8-12-20-50)63(84)75-57(40-48(3)4)59(80)23-25-61(82)70-28-16-30-94-34-32-92-6;;;;;;;;/h7-12,17-20,47-48,51-52,55-57H,13-16,21-46H2,1-6H3,(H,69,81)(H,70,82)(H,71,87)(H,72,88)(H,73,89)(H,74,83)(H,75,84)(H,76,90)(H,85,86);8*1H4. The number of ether oxygens (including phenoxy) is 8. The van der Waals surface area contributed by atoms with Crippen LogP contribution >= 0.6 is 0 Å². The molecule has 30 heteroatoms. The minimum Gasteiger partial charge on any atom is -0.480 e. The van der Waals surface area contributed by atoms with Crippen LogP contribution in [0.4, 0.5) is 19.2 Å². The van der Waals surface area contributed by atoms with Crippen molar-refractivity contribution in [3.05, 3.63) is 71.8 Å². The molecule has 0 saturated carbocycles. The third kappa shape index (κ3) is 55.8. The molecule has 0 bridgehead atoms. The molecule has 2 aromatic carbocycles. The van der Waals surface area contributed by atoms with Gasteiger partial charge in [0.25, 0.3) is 0 Å². The molecular weight excluding hydrogens is 1380 g/mol. The highest BCUT2D eigenvalue weighted by Crippen LogP contribution is 2.19. The summed E-state index contributed by atoms with van der Waals surface area (Å²) in [5.41, 5.74) is 1.51. The van der Waals surface area contributed by atoms with Crippen molar-refractivity contribution in [2.75, 3.05) is 113 Å². The van der Waals surface area contributed by atoms with E-state index in [1.54, 1.807) is 74.9 Å². The van der Waals surface area contributed by atoms with Crippen molar-refractivity contribution in [1.82, 2.24) is 42.5 Å². The average Bonchev–Trinajstić information content (AvgIpc) is 0.872. The van der Waals surface area contributed by atoms with Crippen molar-refractivity contribution in [2.45, 2.75) is 202 Å². The summed E-state index contributed by atoms with van der Waals surface area (Å²) in [7, 11) is 3.14. The van der Waals surface area contributed by atoms with Gasteiger partial charge in [-0.1, -0.05) is 148 Å². The summed E-state index contributed by atoms with van der Waals surface area (Å²) < 4.78 is 40.6. The van der Waals surface area contributed by atoms with Gasteiger partial charge in [-0.05, 0) is 80.8 Å². The van der Waals surface area contributed by atoms with Gasteiger partial charge in [0.2, 0.25) is 23.6 Å². The lowest BCUT2D eigenvalue weighted by Gasteiger charge is -2.23. The molecule has 0 heterocycles. The highest BCUT2D eigenvalue weighted by Gasteiger charge is 2.31. The number of aliphatic carboxylic acids is 1. The van der Waals surface area contributed by atoms with Crippen molar-refractivity contribution >= 4 is 77.1 Å². The fourth-order valence-corrected chi connectivity index (χ4v) is 9.50. The van der Waals surface area contributed by atoms with Crippen molar-refractivity contribution in [3.8, 4) is 0 Å². The lowest BCUT2D eigenvalue weighted by atomic mass is 9.91. The Balaban J connectivity index is -0.00000245. The topological polar surface area (TPSA) is 412 Å². The summed E-state index contributed by atoms with van der Waals surface area (Å²) in [5.74, 6) is -6.65. The van der Waals surface area contributed by atoms with Crippen LogP contribution in [0.15, 0.2) is 60.7 Å². The number of carbonyl (C=O) groups is 13. The maximum atomic E-state index is 13.8. The quantitative estimate of drug-likeness (QED) is 0.0220. The predicted octanol–water partition coefficient (Wildman–Crippen LogP) is 9.34. The molecule has 612 valence electrons. The van der Waals surface area contributed by atoms with Gasteiger partial charge in [-0.2, -0.15) is 0 Å². The minimum atomic E-state index is -1.39. The summed E-state index contributed by atoms with van der Waals surface area (Å²) in [5, 5.41) is 30.1. The van der Waals surface area contributed by atoms with Crippen LogP contribution in [-0.4, -0.2) is 213 Å². The number of carbonyl (C=O) groups excluding carboxylic acids is 12.